The summed E-state index contributed by atoms with van der Waals surface area (Å²) in [5.74, 6) is -0.443. The van der Waals surface area contributed by atoms with Gasteiger partial charge in [0, 0.05) is 30.6 Å². The van der Waals surface area contributed by atoms with Gasteiger partial charge >= 0.3 is 0 Å². The predicted octanol–water partition coefficient (Wildman–Crippen LogP) is 3.78. The Bertz CT molecular complexity index is 1240. The molecule has 2 aromatic carbocycles. The number of nitrogens with one attached hydrogen (secondary N) is 1. The van der Waals surface area contributed by atoms with Gasteiger partial charge in [-0.25, -0.2) is 12.8 Å². The zero-order chi connectivity index (χ0) is 20.8. The number of carbonyl (C=O) groups is 1. The minimum atomic E-state index is -3.48. The highest BCUT2D eigenvalue weighted by Gasteiger charge is 2.26. The molecule has 0 atom stereocenters. The molecule has 1 aliphatic heterocycles. The van der Waals surface area contributed by atoms with Crippen molar-refractivity contribution in [1.82, 2.24) is 5.32 Å². The Kier molecular flexibility index (Phi) is 4.66. The lowest BCUT2D eigenvalue weighted by molar-refractivity contribution is 0.0964. The van der Waals surface area contributed by atoms with Crippen molar-refractivity contribution in [2.24, 2.45) is 0 Å². The van der Waals surface area contributed by atoms with Crippen LogP contribution in [-0.2, 0) is 10.0 Å². The van der Waals surface area contributed by atoms with E-state index < -0.39 is 15.8 Å². The maximum atomic E-state index is 13.3. The first-order valence-corrected chi connectivity index (χ1v) is 10.9. The number of benzene rings is 2. The second-order valence-electron chi connectivity index (χ2n) is 6.83. The van der Waals surface area contributed by atoms with Gasteiger partial charge in [-0.1, -0.05) is 12.2 Å². The maximum absolute atomic E-state index is 13.3. The summed E-state index contributed by atoms with van der Waals surface area (Å²) in [6.07, 6.45) is 5.48. The summed E-state index contributed by atoms with van der Waals surface area (Å²) in [5.41, 5.74) is 2.42. The first-order valence-electron chi connectivity index (χ1n) is 9.02. The van der Waals surface area contributed by atoms with Crippen LogP contribution in [0.2, 0.25) is 0 Å². The fraction of sp³-hybridized carbons (Fsp3) is 0.190. The Morgan fingerprint density at radius 2 is 1.93 bits per heavy atom. The average Bonchev–Trinajstić information content (AvgIpc) is 2.90. The molecular weight excluding hydrogens is 395 g/mol. The summed E-state index contributed by atoms with van der Waals surface area (Å²) in [4.78, 5) is 12.6. The predicted molar refractivity (Wildman–Crippen MR) is 111 cm³/mol. The number of furan rings is 1. The molecule has 0 saturated heterocycles. The van der Waals surface area contributed by atoms with Crippen molar-refractivity contribution in [2.75, 3.05) is 24.2 Å². The third-order valence-corrected chi connectivity index (χ3v) is 6.04. The van der Waals surface area contributed by atoms with Gasteiger partial charge in [-0.2, -0.15) is 0 Å². The lowest BCUT2D eigenvalue weighted by Gasteiger charge is -2.22. The minimum absolute atomic E-state index is 0.300. The lowest BCUT2D eigenvalue weighted by Crippen LogP contribution is -2.30. The third kappa shape index (κ3) is 3.40. The highest BCUT2D eigenvalue weighted by Crippen LogP contribution is 2.39. The number of hydrogen-bond donors (Lipinski definition) is 1. The van der Waals surface area contributed by atoms with E-state index in [9.17, 15) is 17.6 Å². The highest BCUT2D eigenvalue weighted by molar-refractivity contribution is 7.92. The average molecular weight is 414 g/mol. The van der Waals surface area contributed by atoms with Crippen molar-refractivity contribution < 1.29 is 22.0 Å². The topological polar surface area (TPSA) is 79.6 Å². The molecule has 2 heterocycles. The largest absolute Gasteiger partial charge is 0.455 e. The molecule has 1 N–H and O–H groups in total. The summed E-state index contributed by atoms with van der Waals surface area (Å²) >= 11 is 0. The van der Waals surface area contributed by atoms with E-state index in [4.69, 9.17) is 4.42 Å². The Labute approximate surface area is 167 Å². The molecule has 0 radical (unpaired) electrons. The number of halogens is 1. The molecule has 8 heteroatoms. The molecule has 0 spiro atoms. The molecule has 29 heavy (non-hydrogen) atoms. The van der Waals surface area contributed by atoms with Crippen molar-refractivity contribution >= 4 is 38.7 Å². The molecule has 3 aromatic rings. The summed E-state index contributed by atoms with van der Waals surface area (Å²) in [7, 11) is -1.96. The van der Waals surface area contributed by atoms with Gasteiger partial charge < -0.3 is 9.73 Å². The van der Waals surface area contributed by atoms with Gasteiger partial charge in [0.05, 0.1) is 17.5 Å². The van der Waals surface area contributed by atoms with Crippen LogP contribution >= 0.6 is 0 Å². The number of hydrogen-bond acceptors (Lipinski definition) is 4. The second kappa shape index (κ2) is 7.04. The van der Waals surface area contributed by atoms with Crippen molar-refractivity contribution in [3.8, 4) is 11.3 Å². The molecule has 0 fully saturated rings. The van der Waals surface area contributed by atoms with Crippen molar-refractivity contribution in [1.29, 1.82) is 0 Å². The van der Waals surface area contributed by atoms with Crippen LogP contribution in [-0.4, -0.2) is 34.2 Å². The van der Waals surface area contributed by atoms with Crippen molar-refractivity contribution in [3.63, 3.8) is 0 Å². The Hall–Kier alpha value is -3.13. The fourth-order valence-electron chi connectivity index (χ4n) is 3.52. The SMILES string of the molecule is CNC(=O)c1c(-c2ccc(F)cc2)oc2cc3c(cc12)C=CCCN3S(C)(=O)=O. The first-order chi connectivity index (χ1) is 13.8. The number of sulfonamides is 1. The van der Waals surface area contributed by atoms with Crippen LogP contribution in [0.1, 0.15) is 22.3 Å². The summed E-state index contributed by atoms with van der Waals surface area (Å²) in [5, 5.41) is 3.17. The number of rotatable bonds is 3. The number of amides is 1. The van der Waals surface area contributed by atoms with Gasteiger partial charge in [0.1, 0.15) is 17.2 Å². The maximum Gasteiger partial charge on any atom is 0.255 e. The van der Waals surface area contributed by atoms with Gasteiger partial charge in [-0.3, -0.25) is 9.10 Å². The van der Waals surface area contributed by atoms with E-state index in [-0.39, 0.29) is 5.91 Å². The van der Waals surface area contributed by atoms with Crippen molar-refractivity contribution in [2.45, 2.75) is 6.42 Å². The second-order valence-corrected chi connectivity index (χ2v) is 8.73. The number of carbonyl (C=O) groups excluding carboxylic acids is 1. The molecule has 0 aliphatic carbocycles. The Balaban J connectivity index is 2.02. The molecular formula is C21H19FN2O4S. The van der Waals surface area contributed by atoms with Crippen LogP contribution in [0.25, 0.3) is 28.4 Å². The molecule has 6 nitrogen and oxygen atoms in total. The van der Waals surface area contributed by atoms with Gasteiger partial charge in [0.2, 0.25) is 10.0 Å². The van der Waals surface area contributed by atoms with Crippen LogP contribution in [0.15, 0.2) is 46.9 Å². The lowest BCUT2D eigenvalue weighted by atomic mass is 10.0. The van der Waals surface area contributed by atoms with Gasteiger partial charge in [-0.05, 0) is 42.3 Å². The minimum Gasteiger partial charge on any atom is -0.455 e. The normalized spacial score (nSPS) is 14.0. The molecule has 4 rings (SSSR count). The number of nitrogens with zero attached hydrogens (tertiary/aromatic N) is 1. The molecule has 1 amide bonds. The summed E-state index contributed by atoms with van der Waals surface area (Å²) < 4.78 is 45.2. The smallest absolute Gasteiger partial charge is 0.255 e. The van der Waals surface area contributed by atoms with E-state index in [1.165, 1.54) is 35.6 Å². The van der Waals surface area contributed by atoms with E-state index in [2.05, 4.69) is 5.32 Å². The van der Waals surface area contributed by atoms with E-state index >= 15 is 0 Å². The van der Waals surface area contributed by atoms with E-state index in [0.29, 0.717) is 52.1 Å². The number of fused-ring (bicyclic) bond motifs is 2. The quantitative estimate of drug-likeness (QED) is 0.707. The van der Waals surface area contributed by atoms with Gasteiger partial charge in [0.25, 0.3) is 5.91 Å². The summed E-state index contributed by atoms with van der Waals surface area (Å²) in [6, 6.07) is 9.05. The molecule has 0 bridgehead atoms. The fourth-order valence-corrected chi connectivity index (χ4v) is 4.47. The van der Waals surface area contributed by atoms with E-state index in [1.54, 1.807) is 12.1 Å². The molecule has 150 valence electrons. The third-order valence-electron chi connectivity index (χ3n) is 4.86. The first kappa shape index (κ1) is 19.2. The van der Waals surface area contributed by atoms with Crippen LogP contribution in [0.3, 0.4) is 0 Å². The van der Waals surface area contributed by atoms with E-state index in [1.807, 2.05) is 12.2 Å². The molecule has 0 saturated carbocycles. The van der Waals surface area contributed by atoms with Gasteiger partial charge in [0.15, 0.2) is 0 Å². The van der Waals surface area contributed by atoms with Gasteiger partial charge in [-0.15, -0.1) is 0 Å². The Morgan fingerprint density at radius 1 is 1.21 bits per heavy atom. The van der Waals surface area contributed by atoms with Crippen molar-refractivity contribution in [3.05, 3.63) is 59.4 Å². The number of anilines is 1. The molecule has 1 aromatic heterocycles. The van der Waals surface area contributed by atoms with E-state index in [0.717, 1.165) is 6.26 Å². The van der Waals surface area contributed by atoms with Crippen LogP contribution in [0, 0.1) is 5.82 Å². The van der Waals surface area contributed by atoms with Crippen LogP contribution in [0.4, 0.5) is 10.1 Å². The summed E-state index contributed by atoms with van der Waals surface area (Å²) in [6.45, 7) is 0.321. The zero-order valence-corrected chi connectivity index (χ0v) is 16.7. The highest BCUT2D eigenvalue weighted by atomic mass is 32.2. The van der Waals surface area contributed by atoms with Crippen LogP contribution < -0.4 is 9.62 Å². The zero-order valence-electron chi connectivity index (χ0n) is 15.9. The molecule has 0 unspecified atom stereocenters. The standard InChI is InChI=1S/C21H19FN2O4S/c1-23-21(25)19-16-11-14-5-3-4-10-24(29(2,26)27)17(14)12-18(16)28-20(19)13-6-8-15(22)9-7-13/h3,5-9,11-12H,4,10H2,1-2H3,(H,23,25). The van der Waals surface area contributed by atoms with Crippen LogP contribution in [0.5, 0.6) is 0 Å². The Morgan fingerprint density at radius 3 is 2.59 bits per heavy atom. The molecule has 1 aliphatic rings. The monoisotopic (exact) mass is 414 g/mol.